The van der Waals surface area contributed by atoms with E-state index in [1.165, 1.54) is 65.0 Å². The molecule has 1 aliphatic carbocycles. The molecule has 1 aliphatic rings. The first kappa shape index (κ1) is 23.3. The van der Waals surface area contributed by atoms with Crippen LogP contribution < -0.4 is 0 Å². The second-order valence-electron chi connectivity index (χ2n) is 6.87. The van der Waals surface area contributed by atoms with Gasteiger partial charge in [-0.25, -0.2) is 0 Å². The summed E-state index contributed by atoms with van der Waals surface area (Å²) in [4.78, 5) is 0. The van der Waals surface area contributed by atoms with E-state index in [-0.39, 0.29) is 0 Å². The Kier molecular flexibility index (Phi) is 11.0. The van der Waals surface area contributed by atoms with Crippen LogP contribution >= 0.6 is 0 Å². The van der Waals surface area contributed by atoms with Gasteiger partial charge in [0.15, 0.2) is 0 Å². The molecule has 0 aliphatic heterocycles. The van der Waals surface area contributed by atoms with Gasteiger partial charge in [-0.3, -0.25) is 0 Å². The number of rotatable bonds is 13. The molecule has 3 nitrogen and oxygen atoms in total. The Morgan fingerprint density at radius 1 is 0.760 bits per heavy atom. The average Bonchev–Trinajstić information content (AvgIpc) is 3.10. The maximum absolute atomic E-state index is 3.23. The minimum atomic E-state index is -3.23. The maximum atomic E-state index is 2.92. The van der Waals surface area contributed by atoms with Crippen molar-refractivity contribution >= 4 is 0 Å². The molecule has 0 saturated heterocycles. The van der Waals surface area contributed by atoms with Crippen LogP contribution in [0.25, 0.3) is 0 Å². The van der Waals surface area contributed by atoms with Gasteiger partial charge in [-0.2, -0.15) is 0 Å². The number of unbranched alkanes of at least 4 members (excludes halogenated alkanes) is 1. The van der Waals surface area contributed by atoms with E-state index in [1.54, 1.807) is 5.57 Å². The van der Waals surface area contributed by atoms with Crippen LogP contribution in [0.4, 0.5) is 0 Å². The van der Waals surface area contributed by atoms with Gasteiger partial charge in [0.25, 0.3) is 0 Å². The van der Waals surface area contributed by atoms with Crippen molar-refractivity contribution in [3.63, 3.8) is 0 Å². The zero-order valence-corrected chi connectivity index (χ0v) is 21.7. The molecular weight excluding hydrogens is 473 g/mol. The molecule has 0 heterocycles. The van der Waals surface area contributed by atoms with Crippen molar-refractivity contribution in [3.8, 4) is 0 Å². The van der Waals surface area contributed by atoms with Gasteiger partial charge >= 0.3 is 164 Å². The zero-order chi connectivity index (χ0) is 18.9. The van der Waals surface area contributed by atoms with Gasteiger partial charge in [-0.1, -0.05) is 0 Å². The van der Waals surface area contributed by atoms with Gasteiger partial charge in [0.1, 0.15) is 0 Å². The number of allylic oxidation sites excluding steroid dienone is 4. The summed E-state index contributed by atoms with van der Waals surface area (Å²) in [6, 6.07) is 0. The van der Waals surface area contributed by atoms with Crippen LogP contribution in [0.1, 0.15) is 74.1 Å². The second-order valence-corrected chi connectivity index (χ2v) is 20.4. The molecule has 0 N–H and O–H groups in total. The molecule has 4 heteroatoms. The van der Waals surface area contributed by atoms with Crippen molar-refractivity contribution in [2.45, 2.75) is 74.1 Å². The molecule has 0 atom stereocenters. The van der Waals surface area contributed by atoms with E-state index in [1.807, 2.05) is 3.33 Å². The van der Waals surface area contributed by atoms with Crippen LogP contribution in [0.3, 0.4) is 0 Å². The van der Waals surface area contributed by atoms with Crippen LogP contribution in [0.2, 0.25) is 0 Å². The van der Waals surface area contributed by atoms with Gasteiger partial charge in [0.2, 0.25) is 0 Å². The number of hydrogen-bond acceptors (Lipinski definition) is 3. The normalized spacial score (nSPS) is 15.4. The summed E-state index contributed by atoms with van der Waals surface area (Å²) in [5, 5.41) is 0. The number of hydrogen-bond donors (Lipinski definition) is 0. The van der Waals surface area contributed by atoms with Crippen molar-refractivity contribution in [3.05, 3.63) is 21.1 Å². The third-order valence-electron chi connectivity index (χ3n) is 5.85. The van der Waals surface area contributed by atoms with Crippen LogP contribution in [-0.2, 0) is 20.8 Å². The topological polar surface area (TPSA) is 9.72 Å². The monoisotopic (exact) mass is 517 g/mol. The summed E-state index contributed by atoms with van der Waals surface area (Å²) in [5.41, 5.74) is 1.69. The molecule has 1 rings (SSSR count). The van der Waals surface area contributed by atoms with Gasteiger partial charge < -0.3 is 0 Å². The summed E-state index contributed by atoms with van der Waals surface area (Å²) >= 11 is -3.23. The number of nitrogens with zero attached hydrogens (tertiary/aromatic N) is 3. The van der Waals surface area contributed by atoms with Crippen molar-refractivity contribution in [2.75, 3.05) is 39.3 Å². The molecule has 0 saturated carbocycles. The van der Waals surface area contributed by atoms with E-state index in [0.29, 0.717) is 0 Å². The molecular formula is C21H43HfN3. The molecule has 0 aromatic carbocycles. The van der Waals surface area contributed by atoms with Gasteiger partial charge in [-0.15, -0.1) is 0 Å². The van der Waals surface area contributed by atoms with Gasteiger partial charge in [0.05, 0.1) is 0 Å². The molecule has 0 radical (unpaired) electrons. The zero-order valence-electron chi connectivity index (χ0n) is 18.1. The van der Waals surface area contributed by atoms with Crippen LogP contribution in [-0.4, -0.2) is 47.9 Å². The van der Waals surface area contributed by atoms with Crippen LogP contribution in [0.5, 0.6) is 0 Å². The van der Waals surface area contributed by atoms with Crippen molar-refractivity contribution in [1.82, 2.24) is 8.66 Å². The molecule has 0 aromatic heterocycles. The van der Waals surface area contributed by atoms with Crippen LogP contribution in [0, 0.1) is 0 Å². The Morgan fingerprint density at radius 3 is 1.56 bits per heavy atom. The van der Waals surface area contributed by atoms with Crippen LogP contribution in [0.15, 0.2) is 21.1 Å². The molecule has 146 valence electrons. The van der Waals surface area contributed by atoms with E-state index >= 15 is 0 Å². The SMILES string of the molecule is CCCCC1=[C]([Hf]([N](CC)CC)([N](CC)CC)[N](CC)CC)CC=C1. The van der Waals surface area contributed by atoms with Crippen molar-refractivity contribution in [2.24, 2.45) is 0 Å². The summed E-state index contributed by atoms with van der Waals surface area (Å²) in [7, 11) is 0. The summed E-state index contributed by atoms with van der Waals surface area (Å²) < 4.78 is 10.6. The molecule has 0 unspecified atom stereocenters. The molecule has 25 heavy (non-hydrogen) atoms. The Hall–Kier alpha value is 0.230. The minimum absolute atomic E-state index is 1.18. The Balaban J connectivity index is 3.62. The van der Waals surface area contributed by atoms with Crippen molar-refractivity contribution < 1.29 is 20.8 Å². The van der Waals surface area contributed by atoms with E-state index in [2.05, 4.69) is 69.3 Å². The van der Waals surface area contributed by atoms with E-state index in [0.717, 1.165) is 0 Å². The summed E-state index contributed by atoms with van der Waals surface area (Å²) in [6.45, 7) is 23.6. The molecule has 0 amide bonds. The van der Waals surface area contributed by atoms with E-state index < -0.39 is 20.8 Å². The fraction of sp³-hybridized carbons (Fsp3) is 0.810. The molecule has 0 spiro atoms. The molecule has 0 fully saturated rings. The quantitative estimate of drug-likeness (QED) is 0.308. The first-order valence-corrected chi connectivity index (χ1v) is 17.4. The Morgan fingerprint density at radius 2 is 1.20 bits per heavy atom. The van der Waals surface area contributed by atoms with Gasteiger partial charge in [-0.05, 0) is 0 Å². The molecule has 0 bridgehead atoms. The van der Waals surface area contributed by atoms with E-state index in [9.17, 15) is 0 Å². The third kappa shape index (κ3) is 4.75. The van der Waals surface area contributed by atoms with Gasteiger partial charge in [0, 0.05) is 0 Å². The Labute approximate surface area is 163 Å². The molecule has 0 aromatic rings. The predicted molar refractivity (Wildman–Crippen MR) is 109 cm³/mol. The third-order valence-corrected chi connectivity index (χ3v) is 27.0. The second kappa shape index (κ2) is 11.8. The first-order valence-electron chi connectivity index (χ1n) is 10.8. The summed E-state index contributed by atoms with van der Waals surface area (Å²) in [5.74, 6) is 0. The fourth-order valence-corrected chi connectivity index (χ4v) is 26.3. The fourth-order valence-electron chi connectivity index (χ4n) is 4.67. The Bertz CT molecular complexity index is 401. The average molecular weight is 516 g/mol. The first-order chi connectivity index (χ1) is 12.1. The predicted octanol–water partition coefficient (Wildman–Crippen LogP) is 5.31. The van der Waals surface area contributed by atoms with Crippen molar-refractivity contribution in [1.29, 1.82) is 0 Å². The summed E-state index contributed by atoms with van der Waals surface area (Å²) in [6.07, 6.45) is 10.00. The standard InChI is InChI=1S/C9H13.3C4H10N.Hf/c1-2-3-6-9-7-4-5-8-9;3*1-3-5-4-2;/h4,7H,2-3,5-6H2,1H3;3*3-4H2,1-2H3;/q;3*-1;+3. The van der Waals surface area contributed by atoms with E-state index in [4.69, 9.17) is 0 Å².